The summed E-state index contributed by atoms with van der Waals surface area (Å²) in [7, 11) is 0. The molecule has 0 radical (unpaired) electrons. The van der Waals surface area contributed by atoms with Crippen molar-refractivity contribution >= 4 is 21.6 Å². The Bertz CT molecular complexity index is 394. The Morgan fingerprint density at radius 1 is 1.55 bits per heavy atom. The van der Waals surface area contributed by atoms with Gasteiger partial charge in [-0.25, -0.2) is 14.5 Å². The number of nitrogens with zero attached hydrogens (tertiary/aromatic N) is 4. The smallest absolute Gasteiger partial charge is 0.188 e. The Hall–Kier alpha value is -0.970. The fraction of sp³-hybridized carbons (Fsp3) is 0.167. The zero-order chi connectivity index (χ0) is 7.84. The van der Waals surface area contributed by atoms with Crippen LogP contribution in [0, 0.1) is 6.92 Å². The summed E-state index contributed by atoms with van der Waals surface area (Å²) >= 11 is 3.29. The van der Waals surface area contributed by atoms with Gasteiger partial charge in [0.25, 0.3) is 0 Å². The summed E-state index contributed by atoms with van der Waals surface area (Å²) in [4.78, 5) is 8.17. The van der Waals surface area contributed by atoms with Crippen molar-refractivity contribution in [2.75, 3.05) is 0 Å². The second-order valence-electron chi connectivity index (χ2n) is 2.20. The molecule has 5 heteroatoms. The molecule has 0 aromatic carbocycles. The first-order chi connectivity index (χ1) is 5.27. The highest BCUT2D eigenvalue weighted by Gasteiger charge is 2.01. The van der Waals surface area contributed by atoms with E-state index in [2.05, 4.69) is 31.0 Å². The van der Waals surface area contributed by atoms with Crippen LogP contribution in [0.4, 0.5) is 0 Å². The highest BCUT2D eigenvalue weighted by molar-refractivity contribution is 9.10. The van der Waals surface area contributed by atoms with Crippen LogP contribution in [0.3, 0.4) is 0 Å². The molecular weight excluding hydrogens is 208 g/mol. The molecule has 4 nitrogen and oxygen atoms in total. The van der Waals surface area contributed by atoms with E-state index >= 15 is 0 Å². The number of rotatable bonds is 0. The zero-order valence-corrected chi connectivity index (χ0v) is 7.41. The topological polar surface area (TPSA) is 43.1 Å². The molecule has 0 spiro atoms. The van der Waals surface area contributed by atoms with Gasteiger partial charge in [-0.05, 0) is 22.9 Å². The molecule has 0 aliphatic rings. The van der Waals surface area contributed by atoms with E-state index in [1.54, 1.807) is 4.52 Å². The van der Waals surface area contributed by atoms with E-state index in [0.717, 1.165) is 15.9 Å². The molecule has 2 heterocycles. The fourth-order valence-electron chi connectivity index (χ4n) is 0.903. The number of hydrogen-bond donors (Lipinski definition) is 0. The highest BCUT2D eigenvalue weighted by Crippen LogP contribution is 2.11. The Labute approximate surface area is 71.4 Å². The lowest BCUT2D eigenvalue weighted by atomic mass is 10.5. The average Bonchev–Trinajstić information content (AvgIpc) is 2.34. The Morgan fingerprint density at radius 3 is 3.18 bits per heavy atom. The molecule has 0 amide bonds. The number of aryl methyl sites for hydroxylation is 1. The van der Waals surface area contributed by atoms with Crippen molar-refractivity contribution in [2.45, 2.75) is 6.92 Å². The Balaban J connectivity index is 2.91. The van der Waals surface area contributed by atoms with E-state index in [4.69, 9.17) is 0 Å². The molecule has 2 rings (SSSR count). The van der Waals surface area contributed by atoms with Crippen molar-refractivity contribution in [3.8, 4) is 0 Å². The summed E-state index contributed by atoms with van der Waals surface area (Å²) in [5, 5.41) is 3.98. The van der Waals surface area contributed by atoms with Gasteiger partial charge in [-0.15, -0.1) is 0 Å². The third-order valence-electron chi connectivity index (χ3n) is 1.34. The minimum absolute atomic E-state index is 0.731. The van der Waals surface area contributed by atoms with Gasteiger partial charge in [-0.1, -0.05) is 0 Å². The van der Waals surface area contributed by atoms with E-state index < -0.39 is 0 Å². The third-order valence-corrected chi connectivity index (χ3v) is 1.87. The van der Waals surface area contributed by atoms with Gasteiger partial charge in [-0.3, -0.25) is 0 Å². The van der Waals surface area contributed by atoms with E-state index in [1.165, 1.54) is 6.33 Å². The Kier molecular flexibility index (Phi) is 1.38. The standard InChI is InChI=1S/C6H5BrN4/c1-4-2-11-6(5(7)10-4)8-3-9-11/h2-3H,1H3. The molecule has 0 aliphatic carbocycles. The molecule has 0 aliphatic heterocycles. The fourth-order valence-corrected chi connectivity index (χ4v) is 1.47. The predicted molar refractivity (Wildman–Crippen MR) is 43.2 cm³/mol. The van der Waals surface area contributed by atoms with Gasteiger partial charge >= 0.3 is 0 Å². The van der Waals surface area contributed by atoms with Gasteiger partial charge < -0.3 is 0 Å². The van der Waals surface area contributed by atoms with Crippen molar-refractivity contribution < 1.29 is 0 Å². The number of aromatic nitrogens is 4. The van der Waals surface area contributed by atoms with Crippen LogP contribution >= 0.6 is 15.9 Å². The summed E-state index contributed by atoms with van der Waals surface area (Å²) in [5.74, 6) is 0. The van der Waals surface area contributed by atoms with Gasteiger partial charge in [0.2, 0.25) is 0 Å². The summed E-state index contributed by atoms with van der Waals surface area (Å²) in [6.45, 7) is 1.91. The van der Waals surface area contributed by atoms with Gasteiger partial charge in [0.15, 0.2) is 10.3 Å². The monoisotopic (exact) mass is 212 g/mol. The maximum atomic E-state index is 4.17. The molecule has 0 N–H and O–H groups in total. The van der Waals surface area contributed by atoms with Gasteiger partial charge in [0.1, 0.15) is 6.33 Å². The first-order valence-corrected chi connectivity index (χ1v) is 3.89. The number of hydrogen-bond acceptors (Lipinski definition) is 3. The maximum absolute atomic E-state index is 4.17. The average molecular weight is 213 g/mol. The molecule has 0 unspecified atom stereocenters. The van der Waals surface area contributed by atoms with Crippen LogP contribution in [0.15, 0.2) is 17.1 Å². The van der Waals surface area contributed by atoms with Crippen LogP contribution < -0.4 is 0 Å². The van der Waals surface area contributed by atoms with Crippen molar-refractivity contribution in [3.63, 3.8) is 0 Å². The lowest BCUT2D eigenvalue weighted by Crippen LogP contribution is -1.92. The van der Waals surface area contributed by atoms with Crippen molar-refractivity contribution in [2.24, 2.45) is 0 Å². The molecule has 2 aromatic rings. The van der Waals surface area contributed by atoms with Crippen LogP contribution in [-0.2, 0) is 0 Å². The second kappa shape index (κ2) is 2.27. The summed E-state index contributed by atoms with van der Waals surface area (Å²) in [6, 6.07) is 0. The lowest BCUT2D eigenvalue weighted by Gasteiger charge is -1.95. The first kappa shape index (κ1) is 6.72. The zero-order valence-electron chi connectivity index (χ0n) is 5.82. The van der Waals surface area contributed by atoms with Gasteiger partial charge in [0, 0.05) is 0 Å². The maximum Gasteiger partial charge on any atom is 0.188 e. The molecule has 56 valence electrons. The SMILES string of the molecule is Cc1cn2ncnc2c(Br)n1. The third kappa shape index (κ3) is 1.01. The normalized spacial score (nSPS) is 10.7. The minimum atomic E-state index is 0.731. The molecule has 0 saturated carbocycles. The number of fused-ring (bicyclic) bond motifs is 1. The molecule has 0 atom stereocenters. The molecule has 0 saturated heterocycles. The lowest BCUT2D eigenvalue weighted by molar-refractivity contribution is 0.921. The van der Waals surface area contributed by atoms with Crippen molar-refractivity contribution in [1.29, 1.82) is 0 Å². The van der Waals surface area contributed by atoms with Crippen molar-refractivity contribution in [3.05, 3.63) is 22.8 Å². The van der Waals surface area contributed by atoms with Crippen LogP contribution in [0.1, 0.15) is 5.69 Å². The van der Waals surface area contributed by atoms with E-state index in [9.17, 15) is 0 Å². The van der Waals surface area contributed by atoms with Crippen LogP contribution in [0.5, 0.6) is 0 Å². The van der Waals surface area contributed by atoms with Crippen LogP contribution in [0.2, 0.25) is 0 Å². The molecular formula is C6H5BrN4. The van der Waals surface area contributed by atoms with Crippen LogP contribution in [0.25, 0.3) is 5.65 Å². The summed E-state index contributed by atoms with van der Waals surface area (Å²) in [6.07, 6.45) is 3.33. The number of halogens is 1. The second-order valence-corrected chi connectivity index (χ2v) is 2.95. The highest BCUT2D eigenvalue weighted by atomic mass is 79.9. The minimum Gasteiger partial charge on any atom is -0.241 e. The quantitative estimate of drug-likeness (QED) is 0.660. The molecule has 11 heavy (non-hydrogen) atoms. The van der Waals surface area contributed by atoms with E-state index in [0.29, 0.717) is 0 Å². The largest absolute Gasteiger partial charge is 0.241 e. The Morgan fingerprint density at radius 2 is 2.36 bits per heavy atom. The van der Waals surface area contributed by atoms with E-state index in [-0.39, 0.29) is 0 Å². The van der Waals surface area contributed by atoms with Crippen molar-refractivity contribution in [1.82, 2.24) is 19.6 Å². The van der Waals surface area contributed by atoms with Crippen LogP contribution in [-0.4, -0.2) is 19.6 Å². The molecule has 0 fully saturated rings. The first-order valence-electron chi connectivity index (χ1n) is 3.10. The summed E-state index contributed by atoms with van der Waals surface area (Å²) in [5.41, 5.74) is 1.66. The summed E-state index contributed by atoms with van der Waals surface area (Å²) < 4.78 is 2.42. The molecule has 2 aromatic heterocycles. The predicted octanol–water partition coefficient (Wildman–Crippen LogP) is 1.20. The van der Waals surface area contributed by atoms with Gasteiger partial charge in [-0.2, -0.15) is 5.10 Å². The van der Waals surface area contributed by atoms with Gasteiger partial charge in [0.05, 0.1) is 11.9 Å². The molecule has 0 bridgehead atoms. The van der Waals surface area contributed by atoms with E-state index in [1.807, 2.05) is 13.1 Å².